The lowest BCUT2D eigenvalue weighted by molar-refractivity contribution is -0.123. The highest BCUT2D eigenvalue weighted by Gasteiger charge is 2.24. The molecular formula is C12H21NO2. The van der Waals surface area contributed by atoms with Crippen LogP contribution in [0, 0.1) is 5.92 Å². The van der Waals surface area contributed by atoms with E-state index >= 15 is 0 Å². The average molecular weight is 211 g/mol. The van der Waals surface area contributed by atoms with Crippen molar-refractivity contribution in [2.75, 3.05) is 32.8 Å². The fourth-order valence-electron chi connectivity index (χ4n) is 2.55. The van der Waals surface area contributed by atoms with E-state index in [1.165, 1.54) is 12.8 Å². The van der Waals surface area contributed by atoms with Crippen LogP contribution in [-0.2, 0) is 9.53 Å². The van der Waals surface area contributed by atoms with Gasteiger partial charge in [-0.1, -0.05) is 12.8 Å². The van der Waals surface area contributed by atoms with E-state index in [4.69, 9.17) is 4.74 Å². The van der Waals surface area contributed by atoms with E-state index in [0.717, 1.165) is 45.6 Å². The van der Waals surface area contributed by atoms with Crippen LogP contribution < -0.4 is 0 Å². The second-order valence-corrected chi connectivity index (χ2v) is 4.69. The van der Waals surface area contributed by atoms with Crippen LogP contribution in [0.1, 0.15) is 32.1 Å². The van der Waals surface area contributed by atoms with Gasteiger partial charge in [-0.25, -0.2) is 0 Å². The zero-order valence-electron chi connectivity index (χ0n) is 9.41. The number of hydrogen-bond acceptors (Lipinski definition) is 3. The summed E-state index contributed by atoms with van der Waals surface area (Å²) in [5, 5.41) is 0. The molecule has 15 heavy (non-hydrogen) atoms. The minimum atomic E-state index is 0.370. The summed E-state index contributed by atoms with van der Waals surface area (Å²) in [6.07, 6.45) is 5.82. The van der Waals surface area contributed by atoms with Gasteiger partial charge in [0.1, 0.15) is 5.78 Å². The number of rotatable bonds is 3. The Labute approximate surface area is 91.8 Å². The molecule has 2 fully saturated rings. The Morgan fingerprint density at radius 3 is 2.73 bits per heavy atom. The van der Waals surface area contributed by atoms with Gasteiger partial charge in [-0.2, -0.15) is 0 Å². The second-order valence-electron chi connectivity index (χ2n) is 4.69. The maximum atomic E-state index is 11.9. The first-order chi connectivity index (χ1) is 7.36. The van der Waals surface area contributed by atoms with Crippen LogP contribution in [0.5, 0.6) is 0 Å². The van der Waals surface area contributed by atoms with Gasteiger partial charge >= 0.3 is 0 Å². The van der Waals surface area contributed by atoms with Gasteiger partial charge in [-0.3, -0.25) is 9.69 Å². The number of ketones is 1. The molecule has 0 N–H and O–H groups in total. The van der Waals surface area contributed by atoms with Crippen LogP contribution in [0.25, 0.3) is 0 Å². The van der Waals surface area contributed by atoms with E-state index in [1.807, 2.05) is 0 Å². The predicted octanol–water partition coefficient (Wildman–Crippen LogP) is 1.47. The normalized spacial score (nSPS) is 25.3. The van der Waals surface area contributed by atoms with Gasteiger partial charge in [0, 0.05) is 25.6 Å². The van der Waals surface area contributed by atoms with Crippen molar-refractivity contribution in [1.29, 1.82) is 0 Å². The number of nitrogens with zero attached hydrogens (tertiary/aromatic N) is 1. The Bertz CT molecular complexity index is 204. The van der Waals surface area contributed by atoms with E-state index in [0.29, 0.717) is 18.2 Å². The van der Waals surface area contributed by atoms with Crippen molar-refractivity contribution in [2.45, 2.75) is 32.1 Å². The molecule has 0 bridgehead atoms. The number of ether oxygens (including phenoxy) is 1. The van der Waals surface area contributed by atoms with Crippen molar-refractivity contribution < 1.29 is 9.53 Å². The average Bonchev–Trinajstić information content (AvgIpc) is 2.65. The van der Waals surface area contributed by atoms with E-state index in [-0.39, 0.29) is 0 Å². The highest BCUT2D eigenvalue weighted by atomic mass is 16.5. The first-order valence-corrected chi connectivity index (χ1v) is 6.19. The molecule has 0 spiro atoms. The zero-order valence-corrected chi connectivity index (χ0v) is 9.41. The van der Waals surface area contributed by atoms with E-state index < -0.39 is 0 Å². The van der Waals surface area contributed by atoms with E-state index in [9.17, 15) is 4.79 Å². The summed E-state index contributed by atoms with van der Waals surface area (Å²) in [6, 6.07) is 0. The van der Waals surface area contributed by atoms with Gasteiger partial charge in [-0.15, -0.1) is 0 Å². The Balaban J connectivity index is 1.76. The molecule has 0 aromatic heterocycles. The monoisotopic (exact) mass is 211 g/mol. The molecule has 0 aromatic carbocycles. The number of carbonyl (C=O) groups excluding carboxylic acids is 1. The fourth-order valence-corrected chi connectivity index (χ4v) is 2.55. The van der Waals surface area contributed by atoms with Crippen molar-refractivity contribution in [3.8, 4) is 0 Å². The Morgan fingerprint density at radius 2 is 1.93 bits per heavy atom. The SMILES string of the molecule is O=C(CN1CCCOCC1)C1CCCC1. The van der Waals surface area contributed by atoms with Crippen LogP contribution >= 0.6 is 0 Å². The number of carbonyl (C=O) groups is 1. The highest BCUT2D eigenvalue weighted by molar-refractivity contribution is 5.83. The molecule has 2 rings (SSSR count). The first-order valence-electron chi connectivity index (χ1n) is 6.19. The van der Waals surface area contributed by atoms with Gasteiger partial charge in [-0.05, 0) is 19.3 Å². The topological polar surface area (TPSA) is 29.5 Å². The molecule has 1 aliphatic carbocycles. The summed E-state index contributed by atoms with van der Waals surface area (Å²) >= 11 is 0. The number of Topliss-reactive ketones (excluding diaryl/α,β-unsaturated/α-hetero) is 1. The van der Waals surface area contributed by atoms with E-state index in [2.05, 4.69) is 4.90 Å². The zero-order chi connectivity index (χ0) is 10.5. The molecule has 0 atom stereocenters. The second kappa shape index (κ2) is 5.61. The standard InChI is InChI=1S/C12H21NO2/c14-12(11-4-1-2-5-11)10-13-6-3-8-15-9-7-13/h11H,1-10H2. The third-order valence-electron chi connectivity index (χ3n) is 3.50. The summed E-state index contributed by atoms with van der Waals surface area (Å²) in [7, 11) is 0. The van der Waals surface area contributed by atoms with Crippen molar-refractivity contribution in [3.63, 3.8) is 0 Å². The molecular weight excluding hydrogens is 190 g/mol. The summed E-state index contributed by atoms with van der Waals surface area (Å²) in [4.78, 5) is 14.2. The fraction of sp³-hybridized carbons (Fsp3) is 0.917. The molecule has 0 radical (unpaired) electrons. The van der Waals surface area contributed by atoms with Crippen molar-refractivity contribution in [3.05, 3.63) is 0 Å². The quantitative estimate of drug-likeness (QED) is 0.708. The lowest BCUT2D eigenvalue weighted by Gasteiger charge is -2.19. The molecule has 0 unspecified atom stereocenters. The van der Waals surface area contributed by atoms with Crippen molar-refractivity contribution >= 4 is 5.78 Å². The predicted molar refractivity (Wildman–Crippen MR) is 58.8 cm³/mol. The molecule has 1 saturated carbocycles. The number of hydrogen-bond donors (Lipinski definition) is 0. The lowest BCUT2D eigenvalue weighted by Crippen LogP contribution is -2.34. The molecule has 0 amide bonds. The van der Waals surface area contributed by atoms with Crippen LogP contribution in [-0.4, -0.2) is 43.5 Å². The van der Waals surface area contributed by atoms with Gasteiger partial charge in [0.15, 0.2) is 0 Å². The van der Waals surface area contributed by atoms with E-state index in [1.54, 1.807) is 0 Å². The molecule has 1 saturated heterocycles. The summed E-state index contributed by atoms with van der Waals surface area (Å²) < 4.78 is 5.38. The molecule has 1 aliphatic heterocycles. The lowest BCUT2D eigenvalue weighted by atomic mass is 10.0. The summed E-state index contributed by atoms with van der Waals surface area (Å²) in [5.41, 5.74) is 0. The van der Waals surface area contributed by atoms with Crippen LogP contribution in [0.15, 0.2) is 0 Å². The van der Waals surface area contributed by atoms with Gasteiger partial charge in [0.25, 0.3) is 0 Å². The maximum absolute atomic E-state index is 11.9. The molecule has 2 aliphatic rings. The van der Waals surface area contributed by atoms with Crippen molar-refractivity contribution in [1.82, 2.24) is 4.90 Å². The maximum Gasteiger partial charge on any atom is 0.149 e. The molecule has 1 heterocycles. The largest absolute Gasteiger partial charge is 0.380 e. The van der Waals surface area contributed by atoms with Gasteiger partial charge in [0.2, 0.25) is 0 Å². The highest BCUT2D eigenvalue weighted by Crippen LogP contribution is 2.25. The smallest absolute Gasteiger partial charge is 0.149 e. The Hall–Kier alpha value is -0.410. The van der Waals surface area contributed by atoms with Crippen LogP contribution in [0.3, 0.4) is 0 Å². The first kappa shape index (κ1) is 11.1. The van der Waals surface area contributed by atoms with Gasteiger partial charge < -0.3 is 4.74 Å². The summed E-state index contributed by atoms with van der Waals surface area (Å²) in [5.74, 6) is 0.837. The summed E-state index contributed by atoms with van der Waals surface area (Å²) in [6.45, 7) is 4.26. The Morgan fingerprint density at radius 1 is 1.13 bits per heavy atom. The van der Waals surface area contributed by atoms with Crippen molar-refractivity contribution in [2.24, 2.45) is 5.92 Å². The molecule has 3 nitrogen and oxygen atoms in total. The Kier molecular flexibility index (Phi) is 4.15. The molecule has 86 valence electrons. The van der Waals surface area contributed by atoms with Crippen LogP contribution in [0.4, 0.5) is 0 Å². The minimum Gasteiger partial charge on any atom is -0.380 e. The van der Waals surface area contributed by atoms with Gasteiger partial charge in [0.05, 0.1) is 13.2 Å². The third-order valence-corrected chi connectivity index (χ3v) is 3.50. The molecule has 0 aromatic rings. The molecule has 3 heteroatoms. The third kappa shape index (κ3) is 3.28. The van der Waals surface area contributed by atoms with Crippen LogP contribution in [0.2, 0.25) is 0 Å². The minimum absolute atomic E-state index is 0.370.